The van der Waals surface area contributed by atoms with Gasteiger partial charge in [-0.25, -0.2) is 0 Å². The van der Waals surface area contributed by atoms with E-state index < -0.39 is 0 Å². The third-order valence-electron chi connectivity index (χ3n) is 4.71. The van der Waals surface area contributed by atoms with Gasteiger partial charge in [0.2, 0.25) is 0 Å². The molecule has 5 nitrogen and oxygen atoms in total. The van der Waals surface area contributed by atoms with Gasteiger partial charge in [0.05, 0.1) is 13.2 Å². The van der Waals surface area contributed by atoms with Crippen LogP contribution in [0, 0.1) is 11.8 Å². The Kier molecular flexibility index (Phi) is 5.96. The Morgan fingerprint density at radius 1 is 1.29 bits per heavy atom. The highest BCUT2D eigenvalue weighted by Gasteiger charge is 2.22. The molecule has 132 valence electrons. The molecule has 1 N–H and O–H groups in total. The fourth-order valence-corrected chi connectivity index (χ4v) is 3.04. The number of aliphatic imine (C=N–C) groups is 1. The Balaban J connectivity index is 1.52. The average Bonchev–Trinajstić information content (AvgIpc) is 3.29. The molecule has 0 spiro atoms. The number of ether oxygens (including phenoxy) is 2. The topological polar surface area (TPSA) is 46.1 Å². The van der Waals surface area contributed by atoms with Crippen LogP contribution in [0.1, 0.15) is 24.8 Å². The first-order valence-electron chi connectivity index (χ1n) is 8.96. The maximum Gasteiger partial charge on any atom is 0.193 e. The van der Waals surface area contributed by atoms with Crippen LogP contribution >= 0.6 is 0 Å². The second-order valence-electron chi connectivity index (χ2n) is 6.87. The molecule has 1 aromatic rings. The minimum absolute atomic E-state index is 0.600. The van der Waals surface area contributed by atoms with Gasteiger partial charge < -0.3 is 19.7 Å². The van der Waals surface area contributed by atoms with Gasteiger partial charge in [0.15, 0.2) is 5.96 Å². The van der Waals surface area contributed by atoms with Gasteiger partial charge in [-0.3, -0.25) is 4.99 Å². The van der Waals surface area contributed by atoms with Crippen LogP contribution in [-0.2, 0) is 11.3 Å². The van der Waals surface area contributed by atoms with E-state index in [2.05, 4.69) is 40.5 Å². The molecular formula is C19H29N3O2. The molecule has 1 aliphatic carbocycles. The van der Waals surface area contributed by atoms with Gasteiger partial charge in [0.25, 0.3) is 0 Å². The number of benzene rings is 1. The lowest BCUT2D eigenvalue weighted by Crippen LogP contribution is -2.41. The first kappa shape index (κ1) is 17.1. The van der Waals surface area contributed by atoms with E-state index in [1.807, 2.05) is 13.1 Å². The number of hydrogen-bond donors (Lipinski definition) is 1. The maximum atomic E-state index is 5.99. The largest absolute Gasteiger partial charge is 0.493 e. The molecule has 1 aliphatic heterocycles. The Bertz CT molecular complexity index is 551. The summed E-state index contributed by atoms with van der Waals surface area (Å²) in [6.45, 7) is 4.28. The summed E-state index contributed by atoms with van der Waals surface area (Å²) < 4.78 is 11.4. The summed E-state index contributed by atoms with van der Waals surface area (Å²) in [4.78, 5) is 6.60. The number of hydrogen-bond acceptors (Lipinski definition) is 3. The second kappa shape index (κ2) is 8.38. The zero-order chi connectivity index (χ0) is 16.8. The van der Waals surface area contributed by atoms with E-state index in [-0.39, 0.29) is 0 Å². The highest BCUT2D eigenvalue weighted by molar-refractivity contribution is 5.79. The van der Waals surface area contributed by atoms with Gasteiger partial charge in [0, 0.05) is 45.3 Å². The molecule has 1 saturated heterocycles. The molecule has 1 aromatic carbocycles. The monoisotopic (exact) mass is 331 g/mol. The van der Waals surface area contributed by atoms with Crippen molar-refractivity contribution in [3.63, 3.8) is 0 Å². The predicted octanol–water partition coefficient (Wildman–Crippen LogP) is 2.52. The van der Waals surface area contributed by atoms with Crippen LogP contribution in [0.4, 0.5) is 0 Å². The van der Waals surface area contributed by atoms with E-state index in [0.29, 0.717) is 5.92 Å². The third kappa shape index (κ3) is 4.87. The smallest absolute Gasteiger partial charge is 0.193 e. The Morgan fingerprint density at radius 2 is 2.12 bits per heavy atom. The highest BCUT2D eigenvalue weighted by atomic mass is 16.5. The lowest BCUT2D eigenvalue weighted by molar-refractivity contribution is 0.181. The van der Waals surface area contributed by atoms with Crippen LogP contribution in [0.5, 0.6) is 5.75 Å². The molecule has 0 bridgehead atoms. The summed E-state index contributed by atoms with van der Waals surface area (Å²) in [7, 11) is 3.92. The minimum Gasteiger partial charge on any atom is -0.493 e. The standard InChI is InChI=1S/C19H29N3O2/c1-20-19(22(2)12-16-9-10-23-13-16)21-11-17-5-3-4-6-18(17)24-14-15-7-8-15/h3-6,15-16H,7-14H2,1-2H3,(H,20,21). The minimum atomic E-state index is 0.600. The van der Waals surface area contributed by atoms with Crippen molar-refractivity contribution in [1.29, 1.82) is 0 Å². The molecule has 3 rings (SSSR count). The van der Waals surface area contributed by atoms with Crippen molar-refractivity contribution in [1.82, 2.24) is 10.2 Å². The molecule has 2 fully saturated rings. The quantitative estimate of drug-likeness (QED) is 0.616. The van der Waals surface area contributed by atoms with E-state index in [9.17, 15) is 0 Å². The molecule has 0 amide bonds. The zero-order valence-electron chi connectivity index (χ0n) is 14.8. The predicted molar refractivity (Wildman–Crippen MR) is 96.4 cm³/mol. The Labute approximate surface area is 145 Å². The molecule has 0 radical (unpaired) electrons. The molecule has 1 saturated carbocycles. The van der Waals surface area contributed by atoms with Crippen molar-refractivity contribution in [2.24, 2.45) is 16.8 Å². The highest BCUT2D eigenvalue weighted by Crippen LogP contribution is 2.30. The van der Waals surface area contributed by atoms with Crippen molar-refractivity contribution >= 4 is 5.96 Å². The van der Waals surface area contributed by atoms with Crippen LogP contribution in [0.3, 0.4) is 0 Å². The maximum absolute atomic E-state index is 5.99. The van der Waals surface area contributed by atoms with E-state index in [1.54, 1.807) is 0 Å². The first-order valence-corrected chi connectivity index (χ1v) is 8.96. The number of guanidine groups is 1. The van der Waals surface area contributed by atoms with Crippen molar-refractivity contribution < 1.29 is 9.47 Å². The molecule has 1 atom stereocenters. The van der Waals surface area contributed by atoms with Gasteiger partial charge in [-0.15, -0.1) is 0 Å². The van der Waals surface area contributed by atoms with Gasteiger partial charge in [0.1, 0.15) is 5.75 Å². The summed E-state index contributed by atoms with van der Waals surface area (Å²) in [5, 5.41) is 3.46. The van der Waals surface area contributed by atoms with Crippen molar-refractivity contribution in [3.8, 4) is 5.75 Å². The van der Waals surface area contributed by atoms with E-state index in [1.165, 1.54) is 18.4 Å². The van der Waals surface area contributed by atoms with Crippen LogP contribution in [0.15, 0.2) is 29.3 Å². The number of para-hydroxylation sites is 1. The van der Waals surface area contributed by atoms with E-state index in [0.717, 1.165) is 57.0 Å². The Hall–Kier alpha value is -1.75. The third-order valence-corrected chi connectivity index (χ3v) is 4.71. The Morgan fingerprint density at radius 3 is 2.83 bits per heavy atom. The fourth-order valence-electron chi connectivity index (χ4n) is 3.04. The molecular weight excluding hydrogens is 302 g/mol. The van der Waals surface area contributed by atoms with E-state index in [4.69, 9.17) is 9.47 Å². The van der Waals surface area contributed by atoms with Crippen LogP contribution in [0.2, 0.25) is 0 Å². The van der Waals surface area contributed by atoms with E-state index >= 15 is 0 Å². The number of rotatable bonds is 7. The molecule has 1 unspecified atom stereocenters. The van der Waals surface area contributed by atoms with Crippen molar-refractivity contribution in [3.05, 3.63) is 29.8 Å². The van der Waals surface area contributed by atoms with Crippen molar-refractivity contribution in [2.75, 3.05) is 40.5 Å². The SMILES string of the molecule is CN=C(NCc1ccccc1OCC1CC1)N(C)CC1CCOC1. The van der Waals surface area contributed by atoms with Gasteiger partial charge in [-0.1, -0.05) is 18.2 Å². The van der Waals surface area contributed by atoms with Crippen molar-refractivity contribution in [2.45, 2.75) is 25.8 Å². The molecule has 0 aromatic heterocycles. The molecule has 2 aliphatic rings. The zero-order valence-corrected chi connectivity index (χ0v) is 14.8. The fraction of sp³-hybridized carbons (Fsp3) is 0.632. The summed E-state index contributed by atoms with van der Waals surface area (Å²) >= 11 is 0. The summed E-state index contributed by atoms with van der Waals surface area (Å²) in [6, 6.07) is 8.27. The first-order chi connectivity index (χ1) is 11.8. The summed E-state index contributed by atoms with van der Waals surface area (Å²) in [5.41, 5.74) is 1.18. The van der Waals surface area contributed by atoms with Crippen LogP contribution in [0.25, 0.3) is 0 Å². The summed E-state index contributed by atoms with van der Waals surface area (Å²) in [6.07, 6.45) is 3.75. The molecule has 24 heavy (non-hydrogen) atoms. The lowest BCUT2D eigenvalue weighted by atomic mass is 10.1. The summed E-state index contributed by atoms with van der Waals surface area (Å²) in [5.74, 6) is 3.26. The average molecular weight is 331 g/mol. The van der Waals surface area contributed by atoms with Gasteiger partial charge in [-0.2, -0.15) is 0 Å². The second-order valence-corrected chi connectivity index (χ2v) is 6.87. The van der Waals surface area contributed by atoms with Crippen LogP contribution in [-0.4, -0.2) is 51.3 Å². The lowest BCUT2D eigenvalue weighted by Gasteiger charge is -2.24. The number of nitrogens with one attached hydrogen (secondary N) is 1. The molecule has 1 heterocycles. The normalized spacial score (nSPS) is 20.9. The van der Waals surface area contributed by atoms with Gasteiger partial charge in [-0.05, 0) is 31.2 Å². The van der Waals surface area contributed by atoms with Crippen LogP contribution < -0.4 is 10.1 Å². The van der Waals surface area contributed by atoms with Gasteiger partial charge >= 0.3 is 0 Å². The molecule has 5 heteroatoms. The number of nitrogens with zero attached hydrogens (tertiary/aromatic N) is 2.